The summed E-state index contributed by atoms with van der Waals surface area (Å²) < 4.78 is 0. The molecular formula is C14H17N3O2. The zero-order valence-corrected chi connectivity index (χ0v) is 10.8. The van der Waals surface area contributed by atoms with E-state index >= 15 is 0 Å². The Morgan fingerprint density at radius 1 is 1.16 bits per heavy atom. The summed E-state index contributed by atoms with van der Waals surface area (Å²) in [6.07, 6.45) is 0. The van der Waals surface area contributed by atoms with Gasteiger partial charge in [-0.1, -0.05) is 11.8 Å². The van der Waals surface area contributed by atoms with Crippen LogP contribution in [-0.4, -0.2) is 31.4 Å². The molecule has 0 fully saturated rings. The van der Waals surface area contributed by atoms with Gasteiger partial charge in [0.05, 0.1) is 6.54 Å². The third-order valence-corrected chi connectivity index (χ3v) is 2.27. The minimum atomic E-state index is -0.177. The zero-order valence-electron chi connectivity index (χ0n) is 10.8. The maximum atomic E-state index is 11.7. The standard InChI is InChI=1S/C14H17N3O2/c1-11(18)16-9-10-17-14(19)13-6-4-12(5-7-13)3-2-8-15/h4-7H,8-10,15H2,1H3,(H,16,18)(H,17,19). The van der Waals surface area contributed by atoms with E-state index in [1.807, 2.05) is 0 Å². The molecule has 0 unspecified atom stereocenters. The van der Waals surface area contributed by atoms with Gasteiger partial charge in [-0.15, -0.1) is 0 Å². The van der Waals surface area contributed by atoms with E-state index in [1.54, 1.807) is 24.3 Å². The lowest BCUT2D eigenvalue weighted by molar-refractivity contribution is -0.118. The topological polar surface area (TPSA) is 84.2 Å². The number of benzene rings is 1. The molecule has 0 aliphatic carbocycles. The number of nitrogens with two attached hydrogens (primary N) is 1. The van der Waals surface area contributed by atoms with Gasteiger partial charge >= 0.3 is 0 Å². The van der Waals surface area contributed by atoms with Gasteiger partial charge in [0, 0.05) is 31.1 Å². The summed E-state index contributed by atoms with van der Waals surface area (Å²) in [7, 11) is 0. The molecule has 19 heavy (non-hydrogen) atoms. The lowest BCUT2D eigenvalue weighted by Crippen LogP contribution is -2.33. The number of carbonyl (C=O) groups excluding carboxylic acids is 2. The van der Waals surface area contributed by atoms with Crippen LogP contribution in [0.15, 0.2) is 24.3 Å². The van der Waals surface area contributed by atoms with Crippen LogP contribution < -0.4 is 16.4 Å². The molecule has 100 valence electrons. The average Bonchev–Trinajstić information content (AvgIpc) is 2.41. The minimum absolute atomic E-state index is 0.114. The van der Waals surface area contributed by atoms with Gasteiger partial charge in [0.1, 0.15) is 0 Å². The smallest absolute Gasteiger partial charge is 0.251 e. The van der Waals surface area contributed by atoms with Crippen LogP contribution in [0, 0.1) is 11.8 Å². The Morgan fingerprint density at radius 2 is 1.79 bits per heavy atom. The van der Waals surface area contributed by atoms with E-state index in [1.165, 1.54) is 6.92 Å². The largest absolute Gasteiger partial charge is 0.355 e. The molecule has 0 bridgehead atoms. The summed E-state index contributed by atoms with van der Waals surface area (Å²) in [4.78, 5) is 22.4. The van der Waals surface area contributed by atoms with Crippen LogP contribution in [0.1, 0.15) is 22.8 Å². The molecule has 5 heteroatoms. The van der Waals surface area contributed by atoms with Gasteiger partial charge in [0.25, 0.3) is 5.91 Å². The highest BCUT2D eigenvalue weighted by molar-refractivity contribution is 5.94. The monoisotopic (exact) mass is 259 g/mol. The van der Waals surface area contributed by atoms with Crippen LogP contribution in [0.5, 0.6) is 0 Å². The molecule has 1 aromatic rings. The van der Waals surface area contributed by atoms with Gasteiger partial charge in [0.15, 0.2) is 0 Å². The zero-order chi connectivity index (χ0) is 14.1. The fourth-order valence-electron chi connectivity index (χ4n) is 1.37. The molecule has 0 aromatic heterocycles. The van der Waals surface area contributed by atoms with Crippen LogP contribution in [0.25, 0.3) is 0 Å². The van der Waals surface area contributed by atoms with Crippen molar-refractivity contribution in [3.63, 3.8) is 0 Å². The second-order valence-corrected chi connectivity index (χ2v) is 3.82. The number of rotatable bonds is 4. The van der Waals surface area contributed by atoms with Crippen LogP contribution in [0.3, 0.4) is 0 Å². The first-order valence-corrected chi connectivity index (χ1v) is 5.95. The Morgan fingerprint density at radius 3 is 2.37 bits per heavy atom. The molecule has 0 saturated carbocycles. The molecule has 4 N–H and O–H groups in total. The SMILES string of the molecule is CC(=O)NCCNC(=O)c1ccc(C#CCN)cc1. The Bertz CT molecular complexity index is 498. The lowest BCUT2D eigenvalue weighted by atomic mass is 10.1. The molecule has 0 radical (unpaired) electrons. The predicted octanol–water partition coefficient (Wildman–Crippen LogP) is -0.137. The molecule has 1 aromatic carbocycles. The summed E-state index contributed by atoms with van der Waals surface area (Å²) in [6, 6.07) is 6.94. The van der Waals surface area contributed by atoms with E-state index in [4.69, 9.17) is 5.73 Å². The third kappa shape index (κ3) is 5.70. The van der Waals surface area contributed by atoms with E-state index in [2.05, 4.69) is 22.5 Å². The summed E-state index contributed by atoms with van der Waals surface area (Å²) in [5.74, 6) is 5.33. The molecule has 0 aliphatic heterocycles. The molecule has 0 aliphatic rings. The normalized spacial score (nSPS) is 9.16. The van der Waals surface area contributed by atoms with Gasteiger partial charge in [-0.2, -0.15) is 0 Å². The number of hydrogen-bond acceptors (Lipinski definition) is 3. The second-order valence-electron chi connectivity index (χ2n) is 3.82. The summed E-state index contributed by atoms with van der Waals surface area (Å²) >= 11 is 0. The number of nitrogens with one attached hydrogen (secondary N) is 2. The summed E-state index contributed by atoms with van der Waals surface area (Å²) in [6.45, 7) is 2.56. The first kappa shape index (κ1) is 14.7. The van der Waals surface area contributed by atoms with E-state index in [-0.39, 0.29) is 11.8 Å². The van der Waals surface area contributed by atoms with Crippen molar-refractivity contribution in [3.8, 4) is 11.8 Å². The van der Waals surface area contributed by atoms with Gasteiger partial charge in [-0.25, -0.2) is 0 Å². The first-order chi connectivity index (χ1) is 9.13. The van der Waals surface area contributed by atoms with E-state index in [0.717, 1.165) is 5.56 Å². The van der Waals surface area contributed by atoms with Crippen molar-refractivity contribution in [3.05, 3.63) is 35.4 Å². The van der Waals surface area contributed by atoms with Crippen molar-refractivity contribution in [2.45, 2.75) is 6.92 Å². The highest BCUT2D eigenvalue weighted by Gasteiger charge is 2.03. The third-order valence-electron chi connectivity index (χ3n) is 2.27. The maximum absolute atomic E-state index is 11.7. The predicted molar refractivity (Wildman–Crippen MR) is 73.4 cm³/mol. The molecule has 0 heterocycles. The number of hydrogen-bond donors (Lipinski definition) is 3. The Labute approximate surface area is 112 Å². The fraction of sp³-hybridized carbons (Fsp3) is 0.286. The van der Waals surface area contributed by atoms with Gasteiger partial charge < -0.3 is 16.4 Å². The van der Waals surface area contributed by atoms with E-state index < -0.39 is 0 Å². The van der Waals surface area contributed by atoms with Crippen LogP contribution in [0.4, 0.5) is 0 Å². The fourth-order valence-corrected chi connectivity index (χ4v) is 1.37. The molecule has 0 saturated heterocycles. The maximum Gasteiger partial charge on any atom is 0.251 e. The summed E-state index contributed by atoms with van der Waals surface area (Å²) in [5, 5.41) is 5.31. The Kier molecular flexibility index (Phi) is 6.13. The Balaban J connectivity index is 2.46. The molecule has 1 rings (SSSR count). The van der Waals surface area contributed by atoms with Gasteiger partial charge in [0.2, 0.25) is 5.91 Å². The van der Waals surface area contributed by atoms with Crippen molar-refractivity contribution >= 4 is 11.8 Å². The highest BCUT2D eigenvalue weighted by atomic mass is 16.2. The van der Waals surface area contributed by atoms with Crippen molar-refractivity contribution in [2.75, 3.05) is 19.6 Å². The van der Waals surface area contributed by atoms with Crippen LogP contribution in [-0.2, 0) is 4.79 Å². The first-order valence-electron chi connectivity index (χ1n) is 5.95. The highest BCUT2D eigenvalue weighted by Crippen LogP contribution is 2.02. The van der Waals surface area contributed by atoms with E-state index in [0.29, 0.717) is 25.2 Å². The Hall–Kier alpha value is -2.32. The van der Waals surface area contributed by atoms with Crippen molar-refractivity contribution in [1.82, 2.24) is 10.6 Å². The summed E-state index contributed by atoms with van der Waals surface area (Å²) in [5.41, 5.74) is 6.65. The van der Waals surface area contributed by atoms with Crippen molar-refractivity contribution in [2.24, 2.45) is 5.73 Å². The van der Waals surface area contributed by atoms with Crippen LogP contribution >= 0.6 is 0 Å². The van der Waals surface area contributed by atoms with Crippen LogP contribution in [0.2, 0.25) is 0 Å². The second kappa shape index (κ2) is 7.90. The van der Waals surface area contributed by atoms with Crippen molar-refractivity contribution in [1.29, 1.82) is 0 Å². The molecule has 0 atom stereocenters. The van der Waals surface area contributed by atoms with Gasteiger partial charge in [-0.3, -0.25) is 9.59 Å². The number of carbonyl (C=O) groups is 2. The van der Waals surface area contributed by atoms with Crippen molar-refractivity contribution < 1.29 is 9.59 Å². The minimum Gasteiger partial charge on any atom is -0.355 e. The van der Waals surface area contributed by atoms with E-state index in [9.17, 15) is 9.59 Å². The quantitative estimate of drug-likeness (QED) is 0.520. The average molecular weight is 259 g/mol. The molecule has 2 amide bonds. The molecular weight excluding hydrogens is 242 g/mol. The number of amides is 2. The molecule has 5 nitrogen and oxygen atoms in total. The lowest BCUT2D eigenvalue weighted by Gasteiger charge is -2.05. The molecule has 0 spiro atoms. The van der Waals surface area contributed by atoms with Gasteiger partial charge in [-0.05, 0) is 24.3 Å².